The SMILES string of the molecule is Cc1ccc(N2CCC(CO)CC2)c(C=O)c1. The van der Waals surface area contributed by atoms with E-state index in [0.717, 1.165) is 49.0 Å². The van der Waals surface area contributed by atoms with Gasteiger partial charge in [-0.15, -0.1) is 0 Å². The van der Waals surface area contributed by atoms with Crippen LogP contribution in [0.15, 0.2) is 18.2 Å². The molecule has 0 aliphatic carbocycles. The van der Waals surface area contributed by atoms with E-state index in [1.54, 1.807) is 0 Å². The molecule has 1 aromatic rings. The summed E-state index contributed by atoms with van der Waals surface area (Å²) in [6.07, 6.45) is 2.94. The standard InChI is InChI=1S/C14H19NO2/c1-11-2-3-14(13(8-11)10-17)15-6-4-12(9-16)5-7-15/h2-3,8,10,12,16H,4-7,9H2,1H3. The number of aliphatic hydroxyl groups is 1. The van der Waals surface area contributed by atoms with Crippen molar-refractivity contribution in [3.8, 4) is 0 Å². The summed E-state index contributed by atoms with van der Waals surface area (Å²) in [5.74, 6) is 0.427. The number of anilines is 1. The van der Waals surface area contributed by atoms with Crippen LogP contribution >= 0.6 is 0 Å². The van der Waals surface area contributed by atoms with Crippen molar-refractivity contribution in [2.45, 2.75) is 19.8 Å². The van der Waals surface area contributed by atoms with E-state index in [4.69, 9.17) is 5.11 Å². The molecule has 1 heterocycles. The Kier molecular flexibility index (Phi) is 3.79. The minimum absolute atomic E-state index is 0.280. The Bertz CT molecular complexity index is 395. The van der Waals surface area contributed by atoms with E-state index >= 15 is 0 Å². The molecule has 0 saturated carbocycles. The van der Waals surface area contributed by atoms with Gasteiger partial charge in [-0.25, -0.2) is 0 Å². The van der Waals surface area contributed by atoms with Crippen molar-refractivity contribution in [3.63, 3.8) is 0 Å². The fourth-order valence-electron chi connectivity index (χ4n) is 2.41. The van der Waals surface area contributed by atoms with Crippen molar-refractivity contribution in [3.05, 3.63) is 29.3 Å². The van der Waals surface area contributed by atoms with Gasteiger partial charge in [0.15, 0.2) is 6.29 Å². The second kappa shape index (κ2) is 5.32. The molecule has 0 spiro atoms. The number of aldehydes is 1. The lowest BCUT2D eigenvalue weighted by molar-refractivity contribution is 0.112. The molecule has 0 atom stereocenters. The highest BCUT2D eigenvalue weighted by Gasteiger charge is 2.20. The van der Waals surface area contributed by atoms with Gasteiger partial charge in [-0.1, -0.05) is 11.6 Å². The lowest BCUT2D eigenvalue weighted by Crippen LogP contribution is -2.35. The quantitative estimate of drug-likeness (QED) is 0.812. The van der Waals surface area contributed by atoms with E-state index in [9.17, 15) is 4.79 Å². The van der Waals surface area contributed by atoms with Crippen molar-refractivity contribution in [2.24, 2.45) is 5.92 Å². The maximum atomic E-state index is 11.1. The lowest BCUT2D eigenvalue weighted by atomic mass is 9.96. The van der Waals surface area contributed by atoms with Gasteiger partial charge in [0.1, 0.15) is 0 Å². The van der Waals surface area contributed by atoms with Crippen molar-refractivity contribution in [1.29, 1.82) is 0 Å². The summed E-state index contributed by atoms with van der Waals surface area (Å²) in [5.41, 5.74) is 2.91. The zero-order valence-corrected chi connectivity index (χ0v) is 10.2. The molecule has 1 fully saturated rings. The monoisotopic (exact) mass is 233 g/mol. The molecular weight excluding hydrogens is 214 g/mol. The van der Waals surface area contributed by atoms with Crippen LogP contribution in [0.4, 0.5) is 5.69 Å². The topological polar surface area (TPSA) is 40.5 Å². The molecule has 0 bridgehead atoms. The van der Waals surface area contributed by atoms with Gasteiger partial charge < -0.3 is 10.0 Å². The average Bonchev–Trinajstić information content (AvgIpc) is 2.39. The molecule has 92 valence electrons. The van der Waals surface area contributed by atoms with Gasteiger partial charge >= 0.3 is 0 Å². The summed E-state index contributed by atoms with van der Waals surface area (Å²) in [6.45, 7) is 4.13. The Hall–Kier alpha value is -1.35. The van der Waals surface area contributed by atoms with Gasteiger partial charge in [-0.05, 0) is 37.8 Å². The minimum atomic E-state index is 0.280. The number of carbonyl (C=O) groups is 1. The second-order valence-electron chi connectivity index (χ2n) is 4.79. The highest BCUT2D eigenvalue weighted by Crippen LogP contribution is 2.26. The predicted molar refractivity (Wildman–Crippen MR) is 68.6 cm³/mol. The summed E-state index contributed by atoms with van der Waals surface area (Å²) in [6, 6.07) is 6.00. The number of aliphatic hydroxyl groups excluding tert-OH is 1. The molecule has 0 amide bonds. The van der Waals surface area contributed by atoms with Gasteiger partial charge in [0.05, 0.1) is 0 Å². The molecular formula is C14H19NO2. The average molecular weight is 233 g/mol. The normalized spacial score (nSPS) is 17.2. The van der Waals surface area contributed by atoms with Crippen molar-refractivity contribution in [2.75, 3.05) is 24.6 Å². The first kappa shape index (κ1) is 12.1. The highest BCUT2D eigenvalue weighted by molar-refractivity contribution is 5.85. The van der Waals surface area contributed by atoms with E-state index in [0.29, 0.717) is 5.92 Å². The summed E-state index contributed by atoms with van der Waals surface area (Å²) in [4.78, 5) is 13.3. The third kappa shape index (κ3) is 2.67. The summed E-state index contributed by atoms with van der Waals surface area (Å²) in [5, 5.41) is 9.11. The number of piperidine rings is 1. The van der Waals surface area contributed by atoms with E-state index in [1.165, 1.54) is 0 Å². The van der Waals surface area contributed by atoms with E-state index < -0.39 is 0 Å². The molecule has 1 saturated heterocycles. The first-order chi connectivity index (χ1) is 8.24. The second-order valence-corrected chi connectivity index (χ2v) is 4.79. The summed E-state index contributed by atoms with van der Waals surface area (Å²) in [7, 11) is 0. The van der Waals surface area contributed by atoms with Crippen molar-refractivity contribution in [1.82, 2.24) is 0 Å². The fraction of sp³-hybridized carbons (Fsp3) is 0.500. The molecule has 2 rings (SSSR count). The molecule has 1 aromatic carbocycles. The Morgan fingerprint density at radius 2 is 2.12 bits per heavy atom. The van der Waals surface area contributed by atoms with Crippen LogP contribution in [-0.2, 0) is 0 Å². The minimum Gasteiger partial charge on any atom is -0.396 e. The van der Waals surface area contributed by atoms with E-state index in [2.05, 4.69) is 4.90 Å². The molecule has 3 nitrogen and oxygen atoms in total. The Morgan fingerprint density at radius 1 is 1.41 bits per heavy atom. The third-order valence-electron chi connectivity index (χ3n) is 3.52. The number of rotatable bonds is 3. The fourth-order valence-corrected chi connectivity index (χ4v) is 2.41. The number of nitrogens with zero attached hydrogens (tertiary/aromatic N) is 1. The molecule has 1 aliphatic heterocycles. The van der Waals surface area contributed by atoms with Crippen LogP contribution in [0.5, 0.6) is 0 Å². The first-order valence-electron chi connectivity index (χ1n) is 6.16. The zero-order valence-electron chi connectivity index (χ0n) is 10.2. The molecule has 0 unspecified atom stereocenters. The number of carbonyl (C=O) groups excluding carboxylic acids is 1. The smallest absolute Gasteiger partial charge is 0.152 e. The van der Waals surface area contributed by atoms with Gasteiger partial charge in [0, 0.05) is 30.9 Å². The molecule has 1 N–H and O–H groups in total. The molecule has 3 heteroatoms. The Balaban J connectivity index is 2.15. The molecule has 17 heavy (non-hydrogen) atoms. The van der Waals surface area contributed by atoms with Gasteiger partial charge in [0.2, 0.25) is 0 Å². The van der Waals surface area contributed by atoms with Gasteiger partial charge in [0.25, 0.3) is 0 Å². The van der Waals surface area contributed by atoms with Crippen LogP contribution in [0, 0.1) is 12.8 Å². The van der Waals surface area contributed by atoms with Crippen LogP contribution in [0.3, 0.4) is 0 Å². The predicted octanol–water partition coefficient (Wildman–Crippen LogP) is 2.02. The number of hydrogen-bond acceptors (Lipinski definition) is 3. The zero-order chi connectivity index (χ0) is 12.3. The molecule has 0 aromatic heterocycles. The van der Waals surface area contributed by atoms with Crippen LogP contribution < -0.4 is 4.90 Å². The van der Waals surface area contributed by atoms with Crippen molar-refractivity contribution < 1.29 is 9.90 Å². The third-order valence-corrected chi connectivity index (χ3v) is 3.52. The number of benzene rings is 1. The van der Waals surface area contributed by atoms with Crippen LogP contribution in [0.25, 0.3) is 0 Å². The highest BCUT2D eigenvalue weighted by atomic mass is 16.3. The maximum Gasteiger partial charge on any atom is 0.152 e. The Labute approximate surface area is 102 Å². The molecule has 1 aliphatic rings. The first-order valence-corrected chi connectivity index (χ1v) is 6.16. The lowest BCUT2D eigenvalue weighted by Gasteiger charge is -2.33. The van der Waals surface area contributed by atoms with Crippen LogP contribution in [0.2, 0.25) is 0 Å². The van der Waals surface area contributed by atoms with E-state index in [1.807, 2.05) is 25.1 Å². The van der Waals surface area contributed by atoms with Crippen molar-refractivity contribution >= 4 is 12.0 Å². The Morgan fingerprint density at radius 3 is 2.71 bits per heavy atom. The molecule has 0 radical (unpaired) electrons. The van der Waals surface area contributed by atoms with Gasteiger partial charge in [-0.3, -0.25) is 4.79 Å². The maximum absolute atomic E-state index is 11.1. The number of hydrogen-bond donors (Lipinski definition) is 1. The summed E-state index contributed by atoms with van der Waals surface area (Å²) < 4.78 is 0. The van der Waals surface area contributed by atoms with E-state index in [-0.39, 0.29) is 6.61 Å². The van der Waals surface area contributed by atoms with Gasteiger partial charge in [-0.2, -0.15) is 0 Å². The van der Waals surface area contributed by atoms with Crippen LogP contribution in [-0.4, -0.2) is 31.1 Å². The van der Waals surface area contributed by atoms with Crippen LogP contribution in [0.1, 0.15) is 28.8 Å². The summed E-state index contributed by atoms with van der Waals surface area (Å²) >= 11 is 0. The largest absolute Gasteiger partial charge is 0.396 e. The number of aryl methyl sites for hydroxylation is 1.